The van der Waals surface area contributed by atoms with Gasteiger partial charge in [0.1, 0.15) is 5.75 Å². The standard InChI is InChI=1S/C8H6FNO3S3/c1-14-8-10-6-4-5(13-16(9,11)12)2-3-7(6)15-8/h2-4H,1H3. The predicted octanol–water partition coefficient (Wildman–Crippen LogP) is 2.61. The highest BCUT2D eigenvalue weighted by Crippen LogP contribution is 2.30. The van der Waals surface area contributed by atoms with Crippen molar-refractivity contribution in [1.82, 2.24) is 4.98 Å². The Bertz CT molecular complexity index is 622. The van der Waals surface area contributed by atoms with Crippen LogP contribution in [0.3, 0.4) is 0 Å². The summed E-state index contributed by atoms with van der Waals surface area (Å²) in [5.74, 6) is -0.0760. The van der Waals surface area contributed by atoms with Crippen LogP contribution in [0, 0.1) is 0 Å². The summed E-state index contributed by atoms with van der Waals surface area (Å²) >= 11 is 2.96. The first-order valence-electron chi connectivity index (χ1n) is 4.06. The van der Waals surface area contributed by atoms with E-state index < -0.39 is 10.5 Å². The molecule has 0 radical (unpaired) electrons. The molecule has 86 valence electrons. The van der Waals surface area contributed by atoms with Crippen LogP contribution >= 0.6 is 23.1 Å². The molecule has 0 atom stereocenters. The molecule has 0 unspecified atom stereocenters. The Balaban J connectivity index is 2.43. The minimum atomic E-state index is -4.97. The third kappa shape index (κ3) is 2.63. The molecule has 0 aliphatic heterocycles. The van der Waals surface area contributed by atoms with Gasteiger partial charge >= 0.3 is 10.5 Å². The van der Waals surface area contributed by atoms with Crippen molar-refractivity contribution in [3.8, 4) is 5.75 Å². The summed E-state index contributed by atoms with van der Waals surface area (Å²) in [6.07, 6.45) is 1.89. The van der Waals surface area contributed by atoms with Gasteiger partial charge < -0.3 is 4.18 Å². The van der Waals surface area contributed by atoms with E-state index in [1.54, 1.807) is 6.07 Å². The average molecular weight is 279 g/mol. The molecule has 0 fully saturated rings. The molecule has 4 nitrogen and oxygen atoms in total. The fraction of sp³-hybridized carbons (Fsp3) is 0.125. The molecule has 0 amide bonds. The number of halogens is 1. The molecule has 0 saturated heterocycles. The van der Waals surface area contributed by atoms with Gasteiger partial charge in [-0.3, -0.25) is 0 Å². The Labute approximate surface area is 99.9 Å². The lowest BCUT2D eigenvalue weighted by atomic mass is 10.3. The van der Waals surface area contributed by atoms with E-state index in [1.807, 2.05) is 6.26 Å². The van der Waals surface area contributed by atoms with E-state index in [4.69, 9.17) is 0 Å². The molecule has 2 aromatic rings. The molecule has 0 spiro atoms. The summed E-state index contributed by atoms with van der Waals surface area (Å²) in [5.41, 5.74) is 0.593. The molecule has 0 aliphatic carbocycles. The molecule has 2 rings (SSSR count). The first-order valence-corrected chi connectivity index (χ1v) is 7.41. The summed E-state index contributed by atoms with van der Waals surface area (Å²) in [6.45, 7) is 0. The van der Waals surface area contributed by atoms with Gasteiger partial charge in [0.05, 0.1) is 10.2 Å². The Morgan fingerprint density at radius 2 is 2.25 bits per heavy atom. The summed E-state index contributed by atoms with van der Waals surface area (Å²) in [5, 5.41) is 0. The number of nitrogens with zero attached hydrogens (tertiary/aromatic N) is 1. The lowest BCUT2D eigenvalue weighted by Gasteiger charge is -1.98. The van der Waals surface area contributed by atoms with Gasteiger partial charge in [-0.05, 0) is 18.4 Å². The van der Waals surface area contributed by atoms with E-state index in [0.29, 0.717) is 5.52 Å². The van der Waals surface area contributed by atoms with Crippen molar-refractivity contribution in [2.24, 2.45) is 0 Å². The van der Waals surface area contributed by atoms with Crippen LogP contribution in [0.5, 0.6) is 5.75 Å². The molecule has 1 heterocycles. The molecule has 8 heteroatoms. The van der Waals surface area contributed by atoms with Crippen molar-refractivity contribution in [2.75, 3.05) is 6.26 Å². The van der Waals surface area contributed by atoms with Gasteiger partial charge in [0, 0.05) is 6.07 Å². The minimum absolute atomic E-state index is 0.0760. The largest absolute Gasteiger partial charge is 0.488 e. The summed E-state index contributed by atoms with van der Waals surface area (Å²) in [6, 6.07) is 4.43. The second kappa shape index (κ2) is 4.19. The Hall–Kier alpha value is -0.860. The highest BCUT2D eigenvalue weighted by Gasteiger charge is 2.11. The zero-order chi connectivity index (χ0) is 11.8. The highest BCUT2D eigenvalue weighted by atomic mass is 32.3. The number of benzene rings is 1. The monoisotopic (exact) mass is 279 g/mol. The number of fused-ring (bicyclic) bond motifs is 1. The van der Waals surface area contributed by atoms with E-state index in [1.165, 1.54) is 35.2 Å². The van der Waals surface area contributed by atoms with Crippen LogP contribution in [0.2, 0.25) is 0 Å². The second-order valence-corrected chi connectivity index (χ2v) is 5.83. The molecule has 1 aromatic heterocycles. The van der Waals surface area contributed by atoms with Crippen LogP contribution in [-0.4, -0.2) is 19.7 Å². The van der Waals surface area contributed by atoms with Gasteiger partial charge in [0.25, 0.3) is 0 Å². The molecule has 0 bridgehead atoms. The Morgan fingerprint density at radius 1 is 1.50 bits per heavy atom. The topological polar surface area (TPSA) is 56.3 Å². The van der Waals surface area contributed by atoms with Gasteiger partial charge in [-0.25, -0.2) is 4.98 Å². The van der Waals surface area contributed by atoms with E-state index in [9.17, 15) is 12.3 Å². The number of thioether (sulfide) groups is 1. The third-order valence-electron chi connectivity index (χ3n) is 1.71. The first-order chi connectivity index (χ1) is 7.48. The van der Waals surface area contributed by atoms with Gasteiger partial charge in [-0.2, -0.15) is 8.42 Å². The zero-order valence-corrected chi connectivity index (χ0v) is 10.5. The van der Waals surface area contributed by atoms with Gasteiger partial charge in [-0.15, -0.1) is 11.3 Å². The maximum absolute atomic E-state index is 12.3. The highest BCUT2D eigenvalue weighted by molar-refractivity contribution is 8.00. The smallest absolute Gasteiger partial charge is 0.358 e. The number of hydrogen-bond acceptors (Lipinski definition) is 6. The average Bonchev–Trinajstić information content (AvgIpc) is 2.57. The fourth-order valence-corrected chi connectivity index (χ4v) is 2.94. The lowest BCUT2D eigenvalue weighted by molar-refractivity contribution is 0.440. The quantitative estimate of drug-likeness (QED) is 0.638. The maximum atomic E-state index is 12.3. The summed E-state index contributed by atoms with van der Waals surface area (Å²) < 4.78 is 38.7. The van der Waals surface area contributed by atoms with Crippen LogP contribution in [-0.2, 0) is 10.5 Å². The Kier molecular flexibility index (Phi) is 3.04. The van der Waals surface area contributed by atoms with Crippen LogP contribution in [0.25, 0.3) is 10.2 Å². The number of rotatable bonds is 3. The van der Waals surface area contributed by atoms with E-state index >= 15 is 0 Å². The number of aromatic nitrogens is 1. The number of thiazole rings is 1. The minimum Gasteiger partial charge on any atom is -0.358 e. The predicted molar refractivity (Wildman–Crippen MR) is 62.1 cm³/mol. The van der Waals surface area contributed by atoms with E-state index in [2.05, 4.69) is 9.17 Å². The molecular weight excluding hydrogens is 273 g/mol. The van der Waals surface area contributed by atoms with Crippen LogP contribution in [0.4, 0.5) is 3.89 Å². The number of hydrogen-bond donors (Lipinski definition) is 0. The van der Waals surface area contributed by atoms with E-state index in [0.717, 1.165) is 9.04 Å². The zero-order valence-electron chi connectivity index (χ0n) is 8.01. The van der Waals surface area contributed by atoms with Crippen LogP contribution < -0.4 is 4.18 Å². The normalized spacial score (nSPS) is 11.9. The van der Waals surface area contributed by atoms with E-state index in [-0.39, 0.29) is 5.75 Å². The molecule has 0 saturated carbocycles. The van der Waals surface area contributed by atoms with Gasteiger partial charge in [-0.1, -0.05) is 15.6 Å². The second-order valence-electron chi connectivity index (χ2n) is 2.79. The third-order valence-corrected chi connectivity index (χ3v) is 4.12. The molecule has 1 aromatic carbocycles. The summed E-state index contributed by atoms with van der Waals surface area (Å²) in [4.78, 5) is 4.21. The van der Waals surface area contributed by atoms with Crippen molar-refractivity contribution in [2.45, 2.75) is 4.34 Å². The van der Waals surface area contributed by atoms with Crippen molar-refractivity contribution < 1.29 is 16.5 Å². The Morgan fingerprint density at radius 3 is 2.88 bits per heavy atom. The van der Waals surface area contributed by atoms with Crippen molar-refractivity contribution >= 4 is 43.8 Å². The molecular formula is C8H6FNO3S3. The van der Waals surface area contributed by atoms with Crippen LogP contribution in [0.15, 0.2) is 22.5 Å². The maximum Gasteiger partial charge on any atom is 0.488 e. The molecule has 0 N–H and O–H groups in total. The molecule has 16 heavy (non-hydrogen) atoms. The first kappa shape index (κ1) is 11.6. The van der Waals surface area contributed by atoms with Crippen molar-refractivity contribution in [3.05, 3.63) is 18.2 Å². The van der Waals surface area contributed by atoms with Gasteiger partial charge in [0.15, 0.2) is 4.34 Å². The fourth-order valence-electron chi connectivity index (χ4n) is 1.14. The van der Waals surface area contributed by atoms with Gasteiger partial charge in [0.2, 0.25) is 0 Å². The SMILES string of the molecule is CSc1nc2cc(OS(=O)(=O)F)ccc2s1. The lowest BCUT2D eigenvalue weighted by Crippen LogP contribution is -2.00. The van der Waals surface area contributed by atoms with Crippen LogP contribution in [0.1, 0.15) is 0 Å². The van der Waals surface area contributed by atoms with Crippen molar-refractivity contribution in [3.63, 3.8) is 0 Å². The summed E-state index contributed by atoms with van der Waals surface area (Å²) in [7, 11) is -4.97. The molecule has 0 aliphatic rings. The van der Waals surface area contributed by atoms with Crippen molar-refractivity contribution in [1.29, 1.82) is 0 Å².